The Labute approximate surface area is 73.9 Å². The van der Waals surface area contributed by atoms with Crippen LogP contribution < -0.4 is 0 Å². The Morgan fingerprint density at radius 1 is 1.30 bits per heavy atom. The highest BCUT2D eigenvalue weighted by Crippen LogP contribution is 2.29. The molecule has 1 aliphatic heterocycles. The molecule has 1 rings (SSSR count). The maximum absolute atomic E-state index is 10.8. The number of rotatable bonds is 0. The van der Waals surface area contributed by atoms with E-state index in [1.54, 1.807) is 0 Å². The lowest BCUT2D eigenvalue weighted by molar-refractivity contribution is 0.145. The molecule has 0 radical (unpaired) electrons. The maximum Gasteiger partial charge on any atom is 0.150 e. The van der Waals surface area contributed by atoms with Crippen LogP contribution in [0.2, 0.25) is 0 Å². The average molecular weight is 276 g/mol. The van der Waals surface area contributed by atoms with Crippen LogP contribution in [0.5, 0.6) is 0 Å². The van der Waals surface area contributed by atoms with E-state index < -0.39 is 13.4 Å². The summed E-state index contributed by atoms with van der Waals surface area (Å²) in [6, 6.07) is 0. The van der Waals surface area contributed by atoms with Gasteiger partial charge in [-0.3, -0.25) is 0 Å². The molecule has 1 aliphatic rings. The Morgan fingerprint density at radius 3 is 2.00 bits per heavy atom. The molecule has 3 nitrogen and oxygen atoms in total. The first-order chi connectivity index (χ1) is 4.41. The summed E-state index contributed by atoms with van der Waals surface area (Å²) in [6.07, 6.45) is 0.742. The van der Waals surface area contributed by atoms with Crippen molar-refractivity contribution in [3.05, 3.63) is 0 Å². The maximum atomic E-state index is 10.8. The van der Waals surface area contributed by atoms with Crippen LogP contribution in [0.4, 0.5) is 0 Å². The number of alkyl halides is 1. The first-order valence-corrected chi connectivity index (χ1v) is 5.93. The van der Waals surface area contributed by atoms with Crippen LogP contribution in [0.15, 0.2) is 0 Å². The Morgan fingerprint density at radius 2 is 1.70 bits per heavy atom. The summed E-state index contributed by atoms with van der Waals surface area (Å²) in [5, 5.41) is 9.33. The predicted molar refractivity (Wildman–Crippen MR) is 46.9 cm³/mol. The summed E-state index contributed by atoms with van der Waals surface area (Å²) in [5.41, 5.74) is 0. The van der Waals surface area contributed by atoms with Crippen LogP contribution in [0, 0.1) is 0 Å². The summed E-state index contributed by atoms with van der Waals surface area (Å²) in [4.78, 5) is 0. The second-order valence-electron chi connectivity index (χ2n) is 2.57. The minimum absolute atomic E-state index is 0.131. The van der Waals surface area contributed by atoms with E-state index in [1.807, 2.05) is 22.6 Å². The van der Waals surface area contributed by atoms with Gasteiger partial charge in [-0.25, -0.2) is 8.42 Å². The van der Waals surface area contributed by atoms with E-state index in [0.717, 1.165) is 0 Å². The molecule has 0 amide bonds. The van der Waals surface area contributed by atoms with Crippen LogP contribution in [0.25, 0.3) is 0 Å². The number of hydrogen-bond acceptors (Lipinski definition) is 3. The lowest BCUT2D eigenvalue weighted by Crippen LogP contribution is -2.33. The summed E-state index contributed by atoms with van der Waals surface area (Å²) >= 11 is 1.90. The second kappa shape index (κ2) is 2.60. The van der Waals surface area contributed by atoms with Crippen molar-refractivity contribution in [2.45, 2.75) is 16.4 Å². The molecule has 1 heterocycles. The zero-order valence-electron chi connectivity index (χ0n) is 5.38. The molecule has 10 heavy (non-hydrogen) atoms. The molecular weight excluding hydrogens is 267 g/mol. The van der Waals surface area contributed by atoms with Gasteiger partial charge in [0.1, 0.15) is 3.61 Å². The average Bonchev–Trinajstić information content (AvgIpc) is 1.79. The molecule has 0 atom stereocenters. The van der Waals surface area contributed by atoms with E-state index >= 15 is 0 Å². The number of hydrogen-bond donors (Lipinski definition) is 1. The molecular formula is C5H9IO3S. The van der Waals surface area contributed by atoms with E-state index in [0.29, 0.717) is 12.8 Å². The van der Waals surface area contributed by atoms with Crippen LogP contribution in [0.1, 0.15) is 12.8 Å². The molecule has 1 saturated heterocycles. The van der Waals surface area contributed by atoms with Crippen molar-refractivity contribution in [3.63, 3.8) is 0 Å². The van der Waals surface area contributed by atoms with E-state index in [2.05, 4.69) is 0 Å². The SMILES string of the molecule is O=S1(=O)CCC(O)(I)CC1. The largest absolute Gasteiger partial charge is 0.380 e. The standard InChI is InChI=1S/C5H9IO3S/c6-5(7)1-3-10(8,9)4-2-5/h7H,1-4H2. The smallest absolute Gasteiger partial charge is 0.150 e. The lowest BCUT2D eigenvalue weighted by Gasteiger charge is -2.25. The Kier molecular flexibility index (Phi) is 2.27. The van der Waals surface area contributed by atoms with Gasteiger partial charge in [-0.1, -0.05) is 0 Å². The minimum Gasteiger partial charge on any atom is -0.380 e. The number of sulfone groups is 1. The first-order valence-electron chi connectivity index (χ1n) is 3.03. The Bertz CT molecular complexity index is 203. The molecule has 0 aromatic heterocycles. The fraction of sp³-hybridized carbons (Fsp3) is 1.00. The second-order valence-corrected chi connectivity index (χ2v) is 6.88. The highest BCUT2D eigenvalue weighted by Gasteiger charge is 2.32. The predicted octanol–water partition coefficient (Wildman–Crippen LogP) is 0.319. The molecule has 60 valence electrons. The molecule has 0 unspecified atom stereocenters. The first kappa shape index (κ1) is 8.73. The van der Waals surface area contributed by atoms with Crippen LogP contribution in [0.3, 0.4) is 0 Å². The zero-order chi connectivity index (χ0) is 7.83. The third-order valence-electron chi connectivity index (χ3n) is 1.59. The van der Waals surface area contributed by atoms with Gasteiger partial charge >= 0.3 is 0 Å². The molecule has 0 saturated carbocycles. The minimum atomic E-state index is -2.82. The third kappa shape index (κ3) is 2.35. The summed E-state index contributed by atoms with van der Waals surface area (Å²) in [5.74, 6) is 0.263. The fourth-order valence-corrected chi connectivity index (χ4v) is 3.62. The van der Waals surface area contributed by atoms with Gasteiger partial charge in [0.2, 0.25) is 0 Å². The Hall–Kier alpha value is 0.640. The topological polar surface area (TPSA) is 54.4 Å². The Balaban J connectivity index is 2.63. The molecule has 0 spiro atoms. The van der Waals surface area contributed by atoms with Crippen molar-refractivity contribution in [2.75, 3.05) is 11.5 Å². The van der Waals surface area contributed by atoms with Crippen molar-refractivity contribution in [3.8, 4) is 0 Å². The normalized spacial score (nSPS) is 29.8. The molecule has 0 bridgehead atoms. The van der Waals surface area contributed by atoms with Crippen molar-refractivity contribution >= 4 is 32.4 Å². The quantitative estimate of drug-likeness (QED) is 0.512. The molecule has 5 heteroatoms. The molecule has 0 aromatic carbocycles. The number of halogens is 1. The summed E-state index contributed by atoms with van der Waals surface area (Å²) in [7, 11) is -2.82. The number of aliphatic hydroxyl groups is 1. The monoisotopic (exact) mass is 276 g/mol. The van der Waals surface area contributed by atoms with Crippen molar-refractivity contribution in [1.82, 2.24) is 0 Å². The molecule has 1 N–H and O–H groups in total. The molecule has 0 aromatic rings. The van der Waals surface area contributed by atoms with Gasteiger partial charge in [-0.2, -0.15) is 0 Å². The summed E-state index contributed by atoms with van der Waals surface area (Å²) in [6.45, 7) is 0. The van der Waals surface area contributed by atoms with Crippen molar-refractivity contribution < 1.29 is 13.5 Å². The highest BCUT2D eigenvalue weighted by molar-refractivity contribution is 14.1. The van der Waals surface area contributed by atoms with Gasteiger partial charge in [-0.05, 0) is 35.4 Å². The van der Waals surface area contributed by atoms with Gasteiger partial charge in [0.15, 0.2) is 9.84 Å². The van der Waals surface area contributed by atoms with Crippen molar-refractivity contribution in [2.24, 2.45) is 0 Å². The lowest BCUT2D eigenvalue weighted by atomic mass is 10.2. The molecule has 0 aliphatic carbocycles. The van der Waals surface area contributed by atoms with E-state index in [1.165, 1.54) is 0 Å². The van der Waals surface area contributed by atoms with E-state index in [9.17, 15) is 13.5 Å². The highest BCUT2D eigenvalue weighted by atomic mass is 127. The van der Waals surface area contributed by atoms with E-state index in [4.69, 9.17) is 0 Å². The summed E-state index contributed by atoms with van der Waals surface area (Å²) < 4.78 is 20.9. The van der Waals surface area contributed by atoms with Crippen LogP contribution >= 0.6 is 22.6 Å². The van der Waals surface area contributed by atoms with Gasteiger partial charge in [0.25, 0.3) is 0 Å². The zero-order valence-corrected chi connectivity index (χ0v) is 8.35. The van der Waals surface area contributed by atoms with Gasteiger partial charge in [0.05, 0.1) is 11.5 Å². The van der Waals surface area contributed by atoms with Crippen LogP contribution in [-0.4, -0.2) is 28.6 Å². The van der Waals surface area contributed by atoms with Gasteiger partial charge in [0, 0.05) is 0 Å². The van der Waals surface area contributed by atoms with Crippen LogP contribution in [-0.2, 0) is 9.84 Å². The van der Waals surface area contributed by atoms with Gasteiger partial charge < -0.3 is 5.11 Å². The van der Waals surface area contributed by atoms with E-state index in [-0.39, 0.29) is 11.5 Å². The van der Waals surface area contributed by atoms with Gasteiger partial charge in [-0.15, -0.1) is 0 Å². The molecule has 1 fully saturated rings. The third-order valence-corrected chi connectivity index (χ3v) is 4.32. The fourth-order valence-electron chi connectivity index (χ4n) is 0.851. The van der Waals surface area contributed by atoms with Crippen molar-refractivity contribution in [1.29, 1.82) is 0 Å².